The Morgan fingerprint density at radius 1 is 1.48 bits per heavy atom. The van der Waals surface area contributed by atoms with Gasteiger partial charge >= 0.3 is 0 Å². The molecular formula is C14H21ClN2O3S. The summed E-state index contributed by atoms with van der Waals surface area (Å²) in [5.41, 5.74) is 0.377. The van der Waals surface area contributed by atoms with Crippen molar-refractivity contribution < 1.29 is 13.2 Å². The van der Waals surface area contributed by atoms with Gasteiger partial charge in [-0.25, -0.2) is 8.42 Å². The fourth-order valence-electron chi connectivity index (χ4n) is 2.30. The van der Waals surface area contributed by atoms with E-state index in [1.807, 2.05) is 0 Å². The molecule has 118 valence electrons. The van der Waals surface area contributed by atoms with Crippen LogP contribution >= 0.6 is 10.7 Å². The standard InChI is InChI=1S/C14H21ClN2O3S/c1-10(2)6-7-16-14(18)13-8-12(21(15,19)20)9-17(13)11-4-3-5-11/h8-11H,3-7H2,1-2H3,(H,16,18). The van der Waals surface area contributed by atoms with Gasteiger partial charge in [-0.2, -0.15) is 0 Å². The highest BCUT2D eigenvalue weighted by Crippen LogP contribution is 2.34. The number of rotatable bonds is 6. The van der Waals surface area contributed by atoms with Gasteiger partial charge in [-0.1, -0.05) is 13.8 Å². The lowest BCUT2D eigenvalue weighted by Gasteiger charge is -2.28. The predicted octanol–water partition coefficient (Wildman–Crippen LogP) is 2.92. The van der Waals surface area contributed by atoms with Crippen LogP contribution in [0.15, 0.2) is 17.2 Å². The van der Waals surface area contributed by atoms with Gasteiger partial charge in [0.25, 0.3) is 15.0 Å². The number of nitrogens with one attached hydrogen (secondary N) is 1. The summed E-state index contributed by atoms with van der Waals surface area (Å²) in [6.07, 6.45) is 5.38. The van der Waals surface area contributed by atoms with Crippen LogP contribution in [0.1, 0.15) is 56.1 Å². The average molecular weight is 333 g/mol. The molecule has 1 aromatic rings. The Labute approximate surface area is 130 Å². The Morgan fingerprint density at radius 3 is 2.62 bits per heavy atom. The van der Waals surface area contributed by atoms with Crippen molar-refractivity contribution in [1.29, 1.82) is 0 Å². The van der Waals surface area contributed by atoms with E-state index < -0.39 is 9.05 Å². The van der Waals surface area contributed by atoms with Crippen LogP contribution in [0.4, 0.5) is 0 Å². The lowest BCUT2D eigenvalue weighted by molar-refractivity contribution is 0.0937. The van der Waals surface area contributed by atoms with Gasteiger partial charge in [0.15, 0.2) is 0 Å². The Bertz CT molecular complexity index is 618. The molecule has 1 amide bonds. The summed E-state index contributed by atoms with van der Waals surface area (Å²) in [6.45, 7) is 4.75. The van der Waals surface area contributed by atoms with Gasteiger partial charge in [-0.3, -0.25) is 4.79 Å². The Balaban J connectivity index is 2.20. The van der Waals surface area contributed by atoms with Crippen molar-refractivity contribution in [3.05, 3.63) is 18.0 Å². The van der Waals surface area contributed by atoms with E-state index in [-0.39, 0.29) is 16.8 Å². The van der Waals surface area contributed by atoms with Crippen LogP contribution in [0.2, 0.25) is 0 Å². The molecule has 0 spiro atoms. The van der Waals surface area contributed by atoms with Crippen LogP contribution in [-0.2, 0) is 9.05 Å². The van der Waals surface area contributed by atoms with Gasteiger partial charge in [0.2, 0.25) is 0 Å². The van der Waals surface area contributed by atoms with E-state index in [1.165, 1.54) is 12.3 Å². The van der Waals surface area contributed by atoms with Crippen LogP contribution in [0.25, 0.3) is 0 Å². The van der Waals surface area contributed by atoms with Crippen molar-refractivity contribution in [3.8, 4) is 0 Å². The molecule has 0 saturated heterocycles. The fraction of sp³-hybridized carbons (Fsp3) is 0.643. The number of carbonyl (C=O) groups excluding carboxylic acids is 1. The zero-order valence-electron chi connectivity index (χ0n) is 12.3. The Hall–Kier alpha value is -1.01. The quantitative estimate of drug-likeness (QED) is 0.814. The zero-order chi connectivity index (χ0) is 15.6. The number of hydrogen-bond donors (Lipinski definition) is 1. The molecule has 1 aromatic heterocycles. The predicted molar refractivity (Wildman–Crippen MR) is 82.1 cm³/mol. The van der Waals surface area contributed by atoms with E-state index in [0.29, 0.717) is 18.2 Å². The molecule has 0 atom stereocenters. The van der Waals surface area contributed by atoms with Crippen molar-refractivity contribution in [1.82, 2.24) is 9.88 Å². The molecule has 1 aliphatic rings. The molecular weight excluding hydrogens is 312 g/mol. The molecule has 1 fully saturated rings. The Kier molecular flexibility index (Phi) is 4.99. The second-order valence-electron chi connectivity index (χ2n) is 5.93. The third-order valence-electron chi connectivity index (χ3n) is 3.81. The zero-order valence-corrected chi connectivity index (χ0v) is 13.9. The minimum absolute atomic E-state index is 0.00919. The SMILES string of the molecule is CC(C)CCNC(=O)c1cc(S(=O)(=O)Cl)cn1C1CCC1. The van der Waals surface area contributed by atoms with Crippen molar-refractivity contribution >= 4 is 25.6 Å². The highest BCUT2D eigenvalue weighted by molar-refractivity contribution is 8.13. The molecule has 0 aromatic carbocycles. The lowest BCUT2D eigenvalue weighted by Crippen LogP contribution is -2.29. The topological polar surface area (TPSA) is 68.2 Å². The highest BCUT2D eigenvalue weighted by atomic mass is 35.7. The molecule has 1 N–H and O–H groups in total. The van der Waals surface area contributed by atoms with Crippen LogP contribution in [-0.4, -0.2) is 25.4 Å². The maximum atomic E-state index is 12.3. The Morgan fingerprint density at radius 2 is 2.14 bits per heavy atom. The molecule has 2 rings (SSSR count). The van der Waals surface area contributed by atoms with Gasteiger partial charge in [0.05, 0.1) is 0 Å². The molecule has 21 heavy (non-hydrogen) atoms. The summed E-state index contributed by atoms with van der Waals surface area (Å²) in [4.78, 5) is 12.3. The van der Waals surface area contributed by atoms with Crippen LogP contribution < -0.4 is 5.32 Å². The molecule has 0 aliphatic heterocycles. The number of aromatic nitrogens is 1. The summed E-state index contributed by atoms with van der Waals surface area (Å²) in [5.74, 6) is 0.261. The van der Waals surface area contributed by atoms with Gasteiger partial charge in [0, 0.05) is 29.5 Å². The van der Waals surface area contributed by atoms with Gasteiger partial charge in [-0.15, -0.1) is 0 Å². The normalized spacial score (nSPS) is 16.0. The first-order chi connectivity index (χ1) is 9.79. The van der Waals surface area contributed by atoms with E-state index >= 15 is 0 Å². The monoisotopic (exact) mass is 332 g/mol. The number of hydrogen-bond acceptors (Lipinski definition) is 3. The van der Waals surface area contributed by atoms with Gasteiger partial charge in [0.1, 0.15) is 10.6 Å². The molecule has 1 heterocycles. The van der Waals surface area contributed by atoms with Crippen molar-refractivity contribution in [3.63, 3.8) is 0 Å². The van der Waals surface area contributed by atoms with Gasteiger partial charge in [-0.05, 0) is 37.7 Å². The molecule has 0 radical (unpaired) electrons. The second kappa shape index (κ2) is 6.40. The molecule has 0 bridgehead atoms. The van der Waals surface area contributed by atoms with E-state index in [9.17, 15) is 13.2 Å². The first-order valence-electron chi connectivity index (χ1n) is 7.23. The van der Waals surface area contributed by atoms with Crippen molar-refractivity contribution in [2.75, 3.05) is 6.54 Å². The van der Waals surface area contributed by atoms with Crippen LogP contribution in [0.3, 0.4) is 0 Å². The van der Waals surface area contributed by atoms with Crippen LogP contribution in [0, 0.1) is 5.92 Å². The third kappa shape index (κ3) is 4.01. The van der Waals surface area contributed by atoms with E-state index in [4.69, 9.17) is 10.7 Å². The number of carbonyl (C=O) groups is 1. The van der Waals surface area contributed by atoms with E-state index in [1.54, 1.807) is 4.57 Å². The minimum atomic E-state index is -3.82. The number of amides is 1. The summed E-state index contributed by atoms with van der Waals surface area (Å²) in [7, 11) is 1.57. The third-order valence-corrected chi connectivity index (χ3v) is 5.13. The maximum absolute atomic E-state index is 12.3. The van der Waals surface area contributed by atoms with E-state index in [2.05, 4.69) is 19.2 Å². The molecule has 1 saturated carbocycles. The summed E-state index contributed by atoms with van der Waals surface area (Å²) >= 11 is 0. The number of nitrogens with zero attached hydrogens (tertiary/aromatic N) is 1. The van der Waals surface area contributed by atoms with Crippen molar-refractivity contribution in [2.45, 2.75) is 50.5 Å². The largest absolute Gasteiger partial charge is 0.351 e. The molecule has 1 aliphatic carbocycles. The van der Waals surface area contributed by atoms with Gasteiger partial charge < -0.3 is 9.88 Å². The molecule has 7 heteroatoms. The maximum Gasteiger partial charge on any atom is 0.267 e. The molecule has 0 unspecified atom stereocenters. The summed E-state index contributed by atoms with van der Waals surface area (Å²) in [6, 6.07) is 1.56. The number of halogens is 1. The molecule has 5 nitrogen and oxygen atoms in total. The fourth-order valence-corrected chi connectivity index (χ4v) is 3.05. The smallest absolute Gasteiger partial charge is 0.267 e. The first-order valence-corrected chi connectivity index (χ1v) is 9.54. The van der Waals surface area contributed by atoms with Crippen molar-refractivity contribution in [2.24, 2.45) is 5.92 Å². The summed E-state index contributed by atoms with van der Waals surface area (Å²) < 4.78 is 24.7. The minimum Gasteiger partial charge on any atom is -0.351 e. The lowest BCUT2D eigenvalue weighted by atomic mass is 9.93. The van der Waals surface area contributed by atoms with Crippen LogP contribution in [0.5, 0.6) is 0 Å². The average Bonchev–Trinajstić information content (AvgIpc) is 2.70. The van der Waals surface area contributed by atoms with E-state index in [0.717, 1.165) is 25.7 Å². The highest BCUT2D eigenvalue weighted by Gasteiger charge is 2.27. The second-order valence-corrected chi connectivity index (χ2v) is 8.50. The summed E-state index contributed by atoms with van der Waals surface area (Å²) in [5, 5.41) is 2.84. The first kappa shape index (κ1) is 16.4.